The van der Waals surface area contributed by atoms with Crippen LogP contribution >= 0.6 is 22.7 Å². The van der Waals surface area contributed by atoms with Crippen molar-refractivity contribution in [2.24, 2.45) is 0 Å². The summed E-state index contributed by atoms with van der Waals surface area (Å²) in [4.78, 5) is 34.3. The molecule has 2 N–H and O–H groups in total. The van der Waals surface area contributed by atoms with Crippen LogP contribution in [-0.2, 0) is 11.2 Å². The first kappa shape index (κ1) is 21.0. The summed E-state index contributed by atoms with van der Waals surface area (Å²) >= 11 is 2.58. The number of imidazole rings is 1. The Morgan fingerprint density at radius 3 is 2.58 bits per heavy atom. The van der Waals surface area contributed by atoms with Crippen LogP contribution in [0.4, 0.5) is 15.5 Å². The lowest BCUT2D eigenvalue weighted by Crippen LogP contribution is -2.18. The SMILES string of the molecule is O=C(Cc1csc(NC(=O)c2cccs2)n1)Nc1nc2ccccc2n1-c1ccccc1F. The summed E-state index contributed by atoms with van der Waals surface area (Å²) in [6, 6.07) is 17.1. The quantitative estimate of drug-likeness (QED) is 0.355. The van der Waals surface area contributed by atoms with Gasteiger partial charge in [-0.3, -0.25) is 24.8 Å². The van der Waals surface area contributed by atoms with Gasteiger partial charge in [0.05, 0.1) is 33.7 Å². The number of rotatable bonds is 6. The molecule has 10 heteroatoms. The van der Waals surface area contributed by atoms with E-state index in [1.165, 1.54) is 28.7 Å². The molecule has 0 aliphatic rings. The van der Waals surface area contributed by atoms with Crippen LogP contribution in [0.5, 0.6) is 0 Å². The van der Waals surface area contributed by atoms with E-state index in [1.54, 1.807) is 46.3 Å². The molecule has 33 heavy (non-hydrogen) atoms. The summed E-state index contributed by atoms with van der Waals surface area (Å²) in [6.07, 6.45) is -0.0220. The van der Waals surface area contributed by atoms with E-state index in [4.69, 9.17) is 0 Å². The van der Waals surface area contributed by atoms with Crippen LogP contribution < -0.4 is 10.6 Å². The molecule has 7 nitrogen and oxygen atoms in total. The zero-order valence-electron chi connectivity index (χ0n) is 17.0. The molecule has 3 aromatic heterocycles. The summed E-state index contributed by atoms with van der Waals surface area (Å²) < 4.78 is 16.1. The molecule has 164 valence electrons. The van der Waals surface area contributed by atoms with Crippen molar-refractivity contribution in [3.8, 4) is 5.69 Å². The Kier molecular flexibility index (Phi) is 5.68. The number of fused-ring (bicyclic) bond motifs is 1. The molecular formula is C23H16FN5O2S2. The maximum atomic E-state index is 14.6. The fourth-order valence-corrected chi connectivity index (χ4v) is 4.66. The van der Waals surface area contributed by atoms with Gasteiger partial charge in [0.2, 0.25) is 11.9 Å². The maximum Gasteiger partial charge on any atom is 0.267 e. The normalized spacial score (nSPS) is 10.9. The van der Waals surface area contributed by atoms with Crippen molar-refractivity contribution in [3.05, 3.63) is 87.8 Å². The fourth-order valence-electron chi connectivity index (χ4n) is 3.33. The number of hydrogen-bond acceptors (Lipinski definition) is 6. The van der Waals surface area contributed by atoms with E-state index in [1.807, 2.05) is 23.6 Å². The van der Waals surface area contributed by atoms with Gasteiger partial charge in [-0.1, -0.05) is 30.3 Å². The molecule has 0 bridgehead atoms. The third kappa shape index (κ3) is 4.38. The van der Waals surface area contributed by atoms with E-state index in [2.05, 4.69) is 20.6 Å². The van der Waals surface area contributed by atoms with E-state index in [9.17, 15) is 14.0 Å². The monoisotopic (exact) mass is 477 g/mol. The molecule has 5 rings (SSSR count). The molecule has 2 aromatic carbocycles. The molecule has 0 saturated heterocycles. The van der Waals surface area contributed by atoms with Gasteiger partial charge in [-0.25, -0.2) is 14.4 Å². The summed E-state index contributed by atoms with van der Waals surface area (Å²) in [5.74, 6) is -0.812. The molecule has 0 radical (unpaired) electrons. The van der Waals surface area contributed by atoms with Crippen molar-refractivity contribution < 1.29 is 14.0 Å². The number of amides is 2. The van der Waals surface area contributed by atoms with Gasteiger partial charge in [-0.15, -0.1) is 22.7 Å². The van der Waals surface area contributed by atoms with Crippen molar-refractivity contribution >= 4 is 56.6 Å². The highest BCUT2D eigenvalue weighted by Gasteiger charge is 2.18. The van der Waals surface area contributed by atoms with Crippen molar-refractivity contribution in [2.45, 2.75) is 6.42 Å². The fraction of sp³-hybridized carbons (Fsp3) is 0.0435. The van der Waals surface area contributed by atoms with Crippen molar-refractivity contribution in [1.82, 2.24) is 14.5 Å². The van der Waals surface area contributed by atoms with Gasteiger partial charge in [0.1, 0.15) is 5.82 Å². The second-order valence-corrected chi connectivity index (χ2v) is 8.82. The Hall–Kier alpha value is -3.89. The highest BCUT2D eigenvalue weighted by atomic mass is 32.1. The molecule has 0 saturated carbocycles. The van der Waals surface area contributed by atoms with Crippen molar-refractivity contribution in [3.63, 3.8) is 0 Å². The van der Waals surface area contributed by atoms with Crippen LogP contribution in [0, 0.1) is 5.82 Å². The highest BCUT2D eigenvalue weighted by Crippen LogP contribution is 2.26. The third-order valence-corrected chi connectivity index (χ3v) is 6.44. The lowest BCUT2D eigenvalue weighted by atomic mass is 10.2. The first-order valence-corrected chi connectivity index (χ1v) is 11.7. The molecule has 5 aromatic rings. The predicted octanol–water partition coefficient (Wildman–Crippen LogP) is 5.12. The smallest absolute Gasteiger partial charge is 0.267 e. The second kappa shape index (κ2) is 8.93. The predicted molar refractivity (Wildman–Crippen MR) is 128 cm³/mol. The van der Waals surface area contributed by atoms with Gasteiger partial charge in [-0.05, 0) is 35.7 Å². The molecule has 0 aliphatic heterocycles. The van der Waals surface area contributed by atoms with Gasteiger partial charge < -0.3 is 0 Å². The second-order valence-electron chi connectivity index (χ2n) is 7.01. The number of thiophene rings is 1. The first-order valence-electron chi connectivity index (χ1n) is 9.90. The van der Waals surface area contributed by atoms with E-state index < -0.39 is 5.82 Å². The largest absolute Gasteiger partial charge is 0.297 e. The van der Waals surface area contributed by atoms with E-state index in [0.717, 1.165) is 0 Å². The number of halogens is 1. The van der Waals surface area contributed by atoms with Crippen LogP contribution in [0.15, 0.2) is 71.4 Å². The molecule has 0 unspecified atom stereocenters. The average molecular weight is 478 g/mol. The van der Waals surface area contributed by atoms with Crippen LogP contribution in [0.1, 0.15) is 15.4 Å². The van der Waals surface area contributed by atoms with Gasteiger partial charge in [0.25, 0.3) is 5.91 Å². The lowest BCUT2D eigenvalue weighted by molar-refractivity contribution is -0.115. The number of hydrogen-bond donors (Lipinski definition) is 2. The Balaban J connectivity index is 1.35. The molecule has 2 amide bonds. The number of carbonyl (C=O) groups excluding carboxylic acids is 2. The molecular weight excluding hydrogens is 461 g/mol. The number of thiazole rings is 1. The summed E-state index contributed by atoms with van der Waals surface area (Å²) in [5, 5.41) is 9.45. The number of nitrogens with one attached hydrogen (secondary N) is 2. The average Bonchev–Trinajstić information content (AvgIpc) is 3.54. The highest BCUT2D eigenvalue weighted by molar-refractivity contribution is 7.14. The van der Waals surface area contributed by atoms with Crippen molar-refractivity contribution in [1.29, 1.82) is 0 Å². The molecule has 0 fully saturated rings. The maximum absolute atomic E-state index is 14.6. The Labute approximate surface area is 195 Å². The van der Waals surface area contributed by atoms with Gasteiger partial charge in [-0.2, -0.15) is 0 Å². The van der Waals surface area contributed by atoms with Gasteiger partial charge in [0, 0.05) is 5.38 Å². The number of nitrogens with zero attached hydrogens (tertiary/aromatic N) is 3. The summed E-state index contributed by atoms with van der Waals surface area (Å²) in [7, 11) is 0. The zero-order chi connectivity index (χ0) is 22.8. The lowest BCUT2D eigenvalue weighted by Gasteiger charge is -2.10. The standard InChI is InChI=1S/C23H16FN5O2S2/c24-15-6-1-3-8-17(15)29-18-9-4-2-7-16(18)26-22(29)27-20(30)12-14-13-33-23(25-14)28-21(31)19-10-5-11-32-19/h1-11,13H,12H2,(H,25,28,31)(H,26,27,30). The van der Waals surface area contributed by atoms with Crippen LogP contribution in [-0.4, -0.2) is 26.3 Å². The Morgan fingerprint density at radius 2 is 1.76 bits per heavy atom. The van der Waals surface area contributed by atoms with E-state index >= 15 is 0 Å². The van der Waals surface area contributed by atoms with Crippen LogP contribution in [0.3, 0.4) is 0 Å². The molecule has 3 heterocycles. The Morgan fingerprint density at radius 1 is 0.939 bits per heavy atom. The number of carbonyl (C=O) groups is 2. The zero-order valence-corrected chi connectivity index (χ0v) is 18.6. The number of para-hydroxylation sites is 3. The minimum absolute atomic E-state index is 0.0220. The van der Waals surface area contributed by atoms with E-state index in [0.29, 0.717) is 26.7 Å². The van der Waals surface area contributed by atoms with Crippen molar-refractivity contribution in [2.75, 3.05) is 10.6 Å². The van der Waals surface area contributed by atoms with Gasteiger partial charge in [0.15, 0.2) is 5.13 Å². The topological polar surface area (TPSA) is 88.9 Å². The number of aromatic nitrogens is 3. The Bertz CT molecular complexity index is 1460. The number of anilines is 2. The summed E-state index contributed by atoms with van der Waals surface area (Å²) in [5.41, 5.74) is 2.09. The van der Waals surface area contributed by atoms with E-state index in [-0.39, 0.29) is 29.9 Å². The van der Waals surface area contributed by atoms with Gasteiger partial charge >= 0.3 is 0 Å². The number of benzene rings is 2. The van der Waals surface area contributed by atoms with Crippen LogP contribution in [0.25, 0.3) is 16.7 Å². The van der Waals surface area contributed by atoms with Crippen LogP contribution in [0.2, 0.25) is 0 Å². The summed E-state index contributed by atoms with van der Waals surface area (Å²) in [6.45, 7) is 0. The third-order valence-electron chi connectivity index (χ3n) is 4.76. The minimum Gasteiger partial charge on any atom is -0.297 e. The minimum atomic E-state index is -0.429. The molecule has 0 spiro atoms. The first-order chi connectivity index (χ1) is 16.1. The molecule has 0 atom stereocenters. The molecule has 0 aliphatic carbocycles.